The Bertz CT molecular complexity index is 265. The third-order valence-corrected chi connectivity index (χ3v) is 2.98. The second-order valence-corrected chi connectivity index (χ2v) is 4.24. The van der Waals surface area contributed by atoms with Crippen molar-refractivity contribution in [2.45, 2.75) is 38.5 Å². The van der Waals surface area contributed by atoms with Crippen molar-refractivity contribution < 1.29 is 4.74 Å². The van der Waals surface area contributed by atoms with Crippen LogP contribution in [0.2, 0.25) is 0 Å². The Hall–Kier alpha value is -0.520. The molecule has 0 bridgehead atoms. The number of ether oxygens (including phenoxy) is 1. The Balaban J connectivity index is 1.75. The van der Waals surface area contributed by atoms with Crippen molar-refractivity contribution in [3.63, 3.8) is 0 Å². The summed E-state index contributed by atoms with van der Waals surface area (Å²) in [6, 6.07) is 0.570. The highest BCUT2D eigenvalue weighted by Gasteiger charge is 2.18. The van der Waals surface area contributed by atoms with Crippen LogP contribution in [0.4, 0.5) is 0 Å². The molecule has 0 saturated carbocycles. The Kier molecular flexibility index (Phi) is 3.44. The van der Waals surface area contributed by atoms with Crippen molar-refractivity contribution in [1.82, 2.24) is 14.1 Å². The van der Waals surface area contributed by atoms with E-state index in [1.165, 1.54) is 11.7 Å². The van der Waals surface area contributed by atoms with E-state index in [4.69, 9.17) is 4.74 Å². The molecule has 0 amide bonds. The number of nitrogens with one attached hydrogen (secondary N) is 1. The van der Waals surface area contributed by atoms with E-state index in [1.807, 2.05) is 6.20 Å². The normalized spacial score (nSPS) is 27.8. The molecule has 1 aromatic heterocycles. The van der Waals surface area contributed by atoms with Gasteiger partial charge in [-0.05, 0) is 19.8 Å². The summed E-state index contributed by atoms with van der Waals surface area (Å²) in [7, 11) is 0. The first-order chi connectivity index (χ1) is 6.84. The molecule has 14 heavy (non-hydrogen) atoms. The smallest absolute Gasteiger partial charge is 0.0880 e. The highest BCUT2D eigenvalue weighted by atomic mass is 32.1. The van der Waals surface area contributed by atoms with Crippen LogP contribution in [0.15, 0.2) is 6.20 Å². The van der Waals surface area contributed by atoms with Crippen LogP contribution in [-0.2, 0) is 11.3 Å². The van der Waals surface area contributed by atoms with Gasteiger partial charge in [0.25, 0.3) is 0 Å². The molecule has 1 aromatic rings. The molecule has 0 spiro atoms. The molecule has 2 unspecified atom stereocenters. The predicted octanol–water partition coefficient (Wildman–Crippen LogP) is 1.20. The molecule has 2 rings (SSSR count). The fourth-order valence-corrected chi connectivity index (χ4v) is 2.13. The van der Waals surface area contributed by atoms with Crippen LogP contribution in [0.3, 0.4) is 0 Å². The molecule has 4 nitrogen and oxygen atoms in total. The maximum absolute atomic E-state index is 5.48. The van der Waals surface area contributed by atoms with Gasteiger partial charge >= 0.3 is 0 Å². The SMILES string of the molecule is CC1CC(NCc2cnsn2)CCO1. The van der Waals surface area contributed by atoms with Crippen molar-refractivity contribution in [1.29, 1.82) is 0 Å². The first-order valence-corrected chi connectivity index (χ1v) is 5.69. The third kappa shape index (κ3) is 2.73. The number of nitrogens with zero attached hydrogens (tertiary/aromatic N) is 2. The molecule has 1 fully saturated rings. The molecule has 78 valence electrons. The second-order valence-electron chi connectivity index (χ2n) is 3.68. The maximum Gasteiger partial charge on any atom is 0.0880 e. The molecule has 0 aromatic carbocycles. The topological polar surface area (TPSA) is 47.0 Å². The van der Waals surface area contributed by atoms with E-state index >= 15 is 0 Å². The quantitative estimate of drug-likeness (QED) is 0.819. The summed E-state index contributed by atoms with van der Waals surface area (Å²) >= 11 is 1.26. The lowest BCUT2D eigenvalue weighted by molar-refractivity contribution is 0.0130. The number of aromatic nitrogens is 2. The van der Waals surface area contributed by atoms with Crippen molar-refractivity contribution >= 4 is 11.7 Å². The lowest BCUT2D eigenvalue weighted by atomic mass is 10.0. The number of hydrogen-bond donors (Lipinski definition) is 1. The maximum atomic E-state index is 5.48. The van der Waals surface area contributed by atoms with Gasteiger partial charge in [-0.15, -0.1) is 0 Å². The van der Waals surface area contributed by atoms with Gasteiger partial charge in [0.05, 0.1) is 29.7 Å². The molecular formula is C9H15N3OS. The largest absolute Gasteiger partial charge is 0.378 e. The van der Waals surface area contributed by atoms with Crippen molar-refractivity contribution in [3.8, 4) is 0 Å². The molecule has 1 saturated heterocycles. The van der Waals surface area contributed by atoms with Gasteiger partial charge in [0.2, 0.25) is 0 Å². The Labute approximate surface area is 88.0 Å². The zero-order valence-corrected chi connectivity index (χ0v) is 9.09. The van der Waals surface area contributed by atoms with Gasteiger partial charge in [-0.25, -0.2) is 0 Å². The molecule has 0 aliphatic carbocycles. The predicted molar refractivity (Wildman–Crippen MR) is 55.2 cm³/mol. The lowest BCUT2D eigenvalue weighted by Gasteiger charge is -2.27. The van der Waals surface area contributed by atoms with Crippen LogP contribution in [0.25, 0.3) is 0 Å². The second kappa shape index (κ2) is 4.82. The van der Waals surface area contributed by atoms with Gasteiger partial charge in [-0.2, -0.15) is 8.75 Å². The van der Waals surface area contributed by atoms with Gasteiger partial charge in [-0.1, -0.05) is 0 Å². The fraction of sp³-hybridized carbons (Fsp3) is 0.778. The summed E-state index contributed by atoms with van der Waals surface area (Å²) in [5.41, 5.74) is 1.04. The minimum atomic E-state index is 0.384. The average molecular weight is 213 g/mol. The summed E-state index contributed by atoms with van der Waals surface area (Å²) in [5, 5.41) is 3.48. The first-order valence-electron chi connectivity index (χ1n) is 4.96. The van der Waals surface area contributed by atoms with Crippen LogP contribution in [0.5, 0.6) is 0 Å². The Morgan fingerprint density at radius 2 is 2.64 bits per heavy atom. The monoisotopic (exact) mass is 213 g/mol. The van der Waals surface area contributed by atoms with Crippen LogP contribution in [0.1, 0.15) is 25.5 Å². The van der Waals surface area contributed by atoms with Crippen molar-refractivity contribution in [3.05, 3.63) is 11.9 Å². The summed E-state index contributed by atoms with van der Waals surface area (Å²) in [5.74, 6) is 0. The van der Waals surface area contributed by atoms with Crippen LogP contribution >= 0.6 is 11.7 Å². The van der Waals surface area contributed by atoms with E-state index < -0.39 is 0 Å². The minimum Gasteiger partial charge on any atom is -0.378 e. The molecule has 0 radical (unpaired) electrons. The van der Waals surface area contributed by atoms with Crippen LogP contribution < -0.4 is 5.32 Å². The Morgan fingerprint density at radius 1 is 1.71 bits per heavy atom. The van der Waals surface area contributed by atoms with Gasteiger partial charge < -0.3 is 10.1 Å². The van der Waals surface area contributed by atoms with E-state index in [0.29, 0.717) is 12.1 Å². The van der Waals surface area contributed by atoms with E-state index in [2.05, 4.69) is 21.0 Å². The molecule has 1 aliphatic heterocycles. The van der Waals surface area contributed by atoms with E-state index in [-0.39, 0.29) is 0 Å². The third-order valence-electron chi connectivity index (χ3n) is 2.46. The molecule has 1 aliphatic rings. The van der Waals surface area contributed by atoms with Gasteiger partial charge in [-0.3, -0.25) is 0 Å². The first kappa shape index (κ1) is 10.0. The molecule has 5 heteroatoms. The zero-order chi connectivity index (χ0) is 9.80. The lowest BCUT2D eigenvalue weighted by Crippen LogP contribution is -2.37. The van der Waals surface area contributed by atoms with Gasteiger partial charge in [0.1, 0.15) is 0 Å². The van der Waals surface area contributed by atoms with Crippen LogP contribution in [0, 0.1) is 0 Å². The molecule has 1 N–H and O–H groups in total. The summed E-state index contributed by atoms with van der Waals surface area (Å²) < 4.78 is 13.6. The van der Waals surface area contributed by atoms with E-state index in [0.717, 1.165) is 31.7 Å². The summed E-state index contributed by atoms with van der Waals surface area (Å²) in [4.78, 5) is 0. The fourth-order valence-electron chi connectivity index (χ4n) is 1.69. The van der Waals surface area contributed by atoms with E-state index in [1.54, 1.807) is 0 Å². The number of hydrogen-bond acceptors (Lipinski definition) is 5. The zero-order valence-electron chi connectivity index (χ0n) is 8.27. The summed E-state index contributed by atoms with van der Waals surface area (Å²) in [6.07, 6.45) is 4.40. The minimum absolute atomic E-state index is 0.384. The van der Waals surface area contributed by atoms with Crippen molar-refractivity contribution in [2.75, 3.05) is 6.61 Å². The highest BCUT2D eigenvalue weighted by Crippen LogP contribution is 2.13. The molecular weight excluding hydrogens is 198 g/mol. The summed E-state index contributed by atoms with van der Waals surface area (Å²) in [6.45, 7) is 3.82. The molecule has 2 atom stereocenters. The van der Waals surface area contributed by atoms with Gasteiger partial charge in [0.15, 0.2) is 0 Å². The standard InChI is InChI=1S/C9H15N3OS/c1-7-4-8(2-3-13-7)10-5-9-6-11-14-12-9/h6-8,10H,2-5H2,1H3. The molecule has 2 heterocycles. The number of rotatable bonds is 3. The van der Waals surface area contributed by atoms with Crippen molar-refractivity contribution in [2.24, 2.45) is 0 Å². The van der Waals surface area contributed by atoms with Gasteiger partial charge in [0, 0.05) is 19.2 Å². The van der Waals surface area contributed by atoms with E-state index in [9.17, 15) is 0 Å². The van der Waals surface area contributed by atoms with Crippen LogP contribution in [-0.4, -0.2) is 27.5 Å². The average Bonchev–Trinajstić information content (AvgIpc) is 2.67. The Morgan fingerprint density at radius 3 is 3.36 bits per heavy atom. The highest BCUT2D eigenvalue weighted by molar-refractivity contribution is 6.99.